The van der Waals surface area contributed by atoms with Crippen molar-refractivity contribution in [3.8, 4) is 0 Å². The monoisotopic (exact) mass is 198 g/mol. The Balaban J connectivity index is 2.10. The average Bonchev–Trinajstić information content (AvgIpc) is 2.15. The Morgan fingerprint density at radius 2 is 2.21 bits per heavy atom. The Morgan fingerprint density at radius 3 is 2.86 bits per heavy atom. The van der Waals surface area contributed by atoms with E-state index in [1.54, 1.807) is 0 Å². The first-order valence-electron chi connectivity index (χ1n) is 6.20. The fraction of sp³-hybridized carbons (Fsp3) is 1.00. The van der Waals surface area contributed by atoms with Crippen molar-refractivity contribution in [3.05, 3.63) is 0 Å². The highest BCUT2D eigenvalue weighted by molar-refractivity contribution is 4.72. The topological polar surface area (TPSA) is 29.3 Å². The first-order valence-corrected chi connectivity index (χ1v) is 6.20. The minimum Gasteiger partial charge on any atom is -0.328 e. The third-order valence-corrected chi connectivity index (χ3v) is 3.22. The fourth-order valence-corrected chi connectivity index (χ4v) is 2.35. The summed E-state index contributed by atoms with van der Waals surface area (Å²) in [6.07, 6.45) is 6.38. The number of nitrogens with two attached hydrogens (primary N) is 1. The summed E-state index contributed by atoms with van der Waals surface area (Å²) < 4.78 is 0. The van der Waals surface area contributed by atoms with Crippen molar-refractivity contribution in [1.29, 1.82) is 0 Å². The van der Waals surface area contributed by atoms with Crippen LogP contribution in [-0.4, -0.2) is 30.6 Å². The summed E-state index contributed by atoms with van der Waals surface area (Å²) in [5, 5.41) is 0. The van der Waals surface area contributed by atoms with Crippen LogP contribution in [0.4, 0.5) is 0 Å². The van der Waals surface area contributed by atoms with Crippen LogP contribution in [0.2, 0.25) is 0 Å². The average molecular weight is 198 g/mol. The summed E-state index contributed by atoms with van der Waals surface area (Å²) in [6.45, 7) is 8.37. The summed E-state index contributed by atoms with van der Waals surface area (Å²) >= 11 is 0. The maximum Gasteiger partial charge on any atom is 0.00509 e. The van der Waals surface area contributed by atoms with Gasteiger partial charge in [0.1, 0.15) is 0 Å². The standard InChI is InChI=1S/C12H26N2/c1-3-5-12(13)7-9-14-8-4-6-11(2)10-14/h11-12H,3-10,13H2,1-2H3. The van der Waals surface area contributed by atoms with Crippen LogP contribution in [0.15, 0.2) is 0 Å². The van der Waals surface area contributed by atoms with E-state index in [1.165, 1.54) is 51.7 Å². The molecule has 1 rings (SSSR count). The molecule has 0 saturated carbocycles. The first kappa shape index (κ1) is 12.0. The number of nitrogens with zero attached hydrogens (tertiary/aromatic N) is 1. The van der Waals surface area contributed by atoms with Crippen LogP contribution in [0.5, 0.6) is 0 Å². The van der Waals surface area contributed by atoms with Crippen LogP contribution in [0.25, 0.3) is 0 Å². The van der Waals surface area contributed by atoms with E-state index in [2.05, 4.69) is 18.7 Å². The maximum absolute atomic E-state index is 6.01. The second-order valence-electron chi connectivity index (χ2n) is 4.89. The summed E-state index contributed by atoms with van der Waals surface area (Å²) in [5.41, 5.74) is 6.01. The van der Waals surface area contributed by atoms with E-state index in [4.69, 9.17) is 5.73 Å². The molecule has 2 heteroatoms. The molecular weight excluding hydrogens is 172 g/mol. The molecule has 1 aliphatic heterocycles. The van der Waals surface area contributed by atoms with E-state index in [1.807, 2.05) is 0 Å². The van der Waals surface area contributed by atoms with Gasteiger partial charge in [-0.2, -0.15) is 0 Å². The lowest BCUT2D eigenvalue weighted by molar-refractivity contribution is 0.178. The Labute approximate surface area is 88.8 Å². The summed E-state index contributed by atoms with van der Waals surface area (Å²) in [5.74, 6) is 0.895. The lowest BCUT2D eigenvalue weighted by Gasteiger charge is -2.31. The molecule has 1 saturated heterocycles. The van der Waals surface area contributed by atoms with Crippen molar-refractivity contribution in [2.75, 3.05) is 19.6 Å². The smallest absolute Gasteiger partial charge is 0.00509 e. The molecule has 0 aromatic carbocycles. The van der Waals surface area contributed by atoms with Crippen LogP contribution in [-0.2, 0) is 0 Å². The third-order valence-electron chi connectivity index (χ3n) is 3.22. The molecule has 0 spiro atoms. The molecule has 2 unspecified atom stereocenters. The van der Waals surface area contributed by atoms with Crippen molar-refractivity contribution in [2.24, 2.45) is 11.7 Å². The number of likely N-dealkylation sites (tertiary alicyclic amines) is 1. The highest BCUT2D eigenvalue weighted by Gasteiger charge is 2.16. The van der Waals surface area contributed by atoms with Gasteiger partial charge in [0, 0.05) is 12.6 Å². The second kappa shape index (κ2) is 6.41. The van der Waals surface area contributed by atoms with Crippen molar-refractivity contribution in [2.45, 2.75) is 52.0 Å². The van der Waals surface area contributed by atoms with E-state index in [9.17, 15) is 0 Å². The van der Waals surface area contributed by atoms with E-state index < -0.39 is 0 Å². The molecule has 0 radical (unpaired) electrons. The molecule has 0 aliphatic carbocycles. The van der Waals surface area contributed by atoms with Gasteiger partial charge in [-0.25, -0.2) is 0 Å². The number of piperidine rings is 1. The SMILES string of the molecule is CCCC(N)CCN1CCCC(C)C1. The van der Waals surface area contributed by atoms with Crippen molar-refractivity contribution in [3.63, 3.8) is 0 Å². The van der Waals surface area contributed by atoms with Gasteiger partial charge < -0.3 is 10.6 Å². The molecule has 0 bridgehead atoms. The van der Waals surface area contributed by atoms with Gasteiger partial charge in [0.25, 0.3) is 0 Å². The largest absolute Gasteiger partial charge is 0.328 e. The Kier molecular flexibility index (Phi) is 5.49. The molecule has 1 fully saturated rings. The van der Waals surface area contributed by atoms with Crippen LogP contribution < -0.4 is 5.73 Å². The van der Waals surface area contributed by atoms with Gasteiger partial charge in [-0.1, -0.05) is 20.3 Å². The minimum atomic E-state index is 0.428. The zero-order chi connectivity index (χ0) is 10.4. The molecule has 1 heterocycles. The number of hydrogen-bond donors (Lipinski definition) is 1. The lowest BCUT2D eigenvalue weighted by atomic mass is 9.99. The van der Waals surface area contributed by atoms with Gasteiger partial charge in [-0.15, -0.1) is 0 Å². The van der Waals surface area contributed by atoms with Gasteiger partial charge in [-0.05, 0) is 44.7 Å². The predicted molar refractivity (Wildman–Crippen MR) is 62.3 cm³/mol. The molecule has 0 amide bonds. The van der Waals surface area contributed by atoms with E-state index in [-0.39, 0.29) is 0 Å². The van der Waals surface area contributed by atoms with Crippen molar-refractivity contribution >= 4 is 0 Å². The lowest BCUT2D eigenvalue weighted by Crippen LogP contribution is -2.37. The van der Waals surface area contributed by atoms with Gasteiger partial charge in [-0.3, -0.25) is 0 Å². The number of rotatable bonds is 5. The molecule has 0 aromatic heterocycles. The van der Waals surface area contributed by atoms with Gasteiger partial charge in [0.2, 0.25) is 0 Å². The highest BCUT2D eigenvalue weighted by Crippen LogP contribution is 2.15. The quantitative estimate of drug-likeness (QED) is 0.734. The van der Waals surface area contributed by atoms with Crippen molar-refractivity contribution < 1.29 is 0 Å². The molecule has 14 heavy (non-hydrogen) atoms. The van der Waals surface area contributed by atoms with Crippen molar-refractivity contribution in [1.82, 2.24) is 4.90 Å². The van der Waals surface area contributed by atoms with Gasteiger partial charge in [0.15, 0.2) is 0 Å². The predicted octanol–water partition coefficient (Wildman–Crippen LogP) is 2.24. The first-order chi connectivity index (χ1) is 6.72. The summed E-state index contributed by atoms with van der Waals surface area (Å²) in [6, 6.07) is 0.428. The van der Waals surface area contributed by atoms with Gasteiger partial charge >= 0.3 is 0 Å². The molecular formula is C12H26N2. The molecule has 1 aliphatic rings. The zero-order valence-electron chi connectivity index (χ0n) is 9.84. The Hall–Kier alpha value is -0.0800. The van der Waals surface area contributed by atoms with Gasteiger partial charge in [0.05, 0.1) is 0 Å². The zero-order valence-corrected chi connectivity index (χ0v) is 9.84. The molecule has 84 valence electrons. The normalized spacial score (nSPS) is 26.4. The molecule has 0 aromatic rings. The van der Waals surface area contributed by atoms with Crippen LogP contribution in [0.1, 0.15) is 46.0 Å². The maximum atomic E-state index is 6.01. The van der Waals surface area contributed by atoms with E-state index in [0.29, 0.717) is 6.04 Å². The molecule has 2 atom stereocenters. The highest BCUT2D eigenvalue weighted by atomic mass is 15.1. The third kappa shape index (κ3) is 4.43. The fourth-order valence-electron chi connectivity index (χ4n) is 2.35. The van der Waals surface area contributed by atoms with E-state index >= 15 is 0 Å². The molecule has 2 nitrogen and oxygen atoms in total. The van der Waals surface area contributed by atoms with Crippen LogP contribution >= 0.6 is 0 Å². The Morgan fingerprint density at radius 1 is 1.43 bits per heavy atom. The van der Waals surface area contributed by atoms with E-state index in [0.717, 1.165) is 5.92 Å². The van der Waals surface area contributed by atoms with Crippen LogP contribution in [0.3, 0.4) is 0 Å². The summed E-state index contributed by atoms with van der Waals surface area (Å²) in [4.78, 5) is 2.59. The Bertz CT molecular complexity index is 147. The second-order valence-corrected chi connectivity index (χ2v) is 4.89. The molecule has 2 N–H and O–H groups in total. The number of hydrogen-bond acceptors (Lipinski definition) is 2. The summed E-state index contributed by atoms with van der Waals surface area (Å²) in [7, 11) is 0. The minimum absolute atomic E-state index is 0.428. The van der Waals surface area contributed by atoms with Crippen LogP contribution in [0, 0.1) is 5.92 Å².